The van der Waals surface area contributed by atoms with Gasteiger partial charge in [-0.2, -0.15) is 0 Å². The highest BCUT2D eigenvalue weighted by Gasteiger charge is 2.24. The lowest BCUT2D eigenvalue weighted by atomic mass is 10.1. The minimum absolute atomic E-state index is 0.524. The molecule has 12 heteroatoms. The largest absolute Gasteiger partial charge is 0.434 e. The Bertz CT molecular complexity index is 5460. The van der Waals surface area contributed by atoms with E-state index in [9.17, 15) is 0 Å². The van der Waals surface area contributed by atoms with E-state index in [0.717, 1.165) is 149 Å². The molecule has 0 atom stereocenters. The van der Waals surface area contributed by atoms with Crippen molar-refractivity contribution >= 4 is 98.7 Å². The molecule has 7 heterocycles. The van der Waals surface area contributed by atoms with Crippen LogP contribution in [0, 0.1) is 0 Å². The molecule has 0 N–H and O–H groups in total. The topological polar surface area (TPSA) is 132 Å². The lowest BCUT2D eigenvalue weighted by molar-refractivity contribution is 0.621. The number of aromatic nitrogens is 9. The van der Waals surface area contributed by atoms with Crippen molar-refractivity contribution in [3.05, 3.63) is 273 Å². The number of nitrogens with zero attached hydrogens (tertiary/aromatic N) is 9. The number of oxazole rings is 3. The van der Waals surface area contributed by atoms with Crippen molar-refractivity contribution in [2.45, 2.75) is 0 Å². The zero-order valence-electron chi connectivity index (χ0n) is 47.7. The van der Waals surface area contributed by atoms with Gasteiger partial charge in [0.1, 0.15) is 16.6 Å². The molecule has 7 aromatic heterocycles. The van der Waals surface area contributed by atoms with Crippen LogP contribution in [-0.2, 0) is 0 Å². The Balaban J connectivity index is 0.755. The predicted octanol–water partition coefficient (Wildman–Crippen LogP) is 19.6. The Labute approximate surface area is 511 Å². The van der Waals surface area contributed by atoms with Crippen molar-refractivity contribution in [2.75, 3.05) is 0 Å². The third kappa shape index (κ3) is 7.68. The van der Waals surface area contributed by atoms with Crippen LogP contribution in [0.3, 0.4) is 0 Å². The van der Waals surface area contributed by atoms with Crippen LogP contribution in [0.5, 0.6) is 0 Å². The predicted molar refractivity (Wildman–Crippen MR) is 358 cm³/mol. The average Bonchev–Trinajstić information content (AvgIpc) is 1.61. The molecule has 0 unspecified atom stereocenters. The highest BCUT2D eigenvalue weighted by molar-refractivity contribution is 6.19. The van der Waals surface area contributed by atoms with Gasteiger partial charge in [-0.25, -0.2) is 29.9 Å². The third-order valence-corrected chi connectivity index (χ3v) is 17.4. The van der Waals surface area contributed by atoms with Gasteiger partial charge in [0.2, 0.25) is 17.7 Å². The quantitative estimate of drug-likeness (QED) is 0.139. The summed E-state index contributed by atoms with van der Waals surface area (Å²) in [5, 5.41) is 6.56. The SMILES string of the molecule is c1ccc(-c2nc3ccc4c5ccccc5n(-c5ccc(-c6nc(-c7ccc(-n8c9ccccc9c9ccc%10nc(-c%11ccccc%11)oc%10c98)cc7)nc(-c7ccc(-n8c9ccccc9c9ccc%10nc(-c%11ccccc%11)oc%10c98)cc7)n6)cc5)c4c3o2)cc1. The van der Waals surface area contributed by atoms with Crippen LogP contribution in [0.1, 0.15) is 0 Å². The van der Waals surface area contributed by atoms with Crippen molar-refractivity contribution < 1.29 is 13.3 Å². The number of hydrogen-bond acceptors (Lipinski definition) is 9. The summed E-state index contributed by atoms with van der Waals surface area (Å²) in [6.07, 6.45) is 0. The van der Waals surface area contributed by atoms with Crippen LogP contribution in [0.4, 0.5) is 0 Å². The summed E-state index contributed by atoms with van der Waals surface area (Å²) >= 11 is 0. The molecule has 0 saturated carbocycles. The standard InChI is InChI=1S/C78H45N9O3/c1-4-16-49(17-5-1)76-79-61-43-40-58-55-22-10-13-25-64(55)85(67(58)70(61)88-76)52-34-28-46(29-35-52)73-82-74(47-30-36-53(37-31-47)86-65-26-14-11-23-56(65)59-41-44-62-71(68(59)86)89-77(80-62)50-18-6-2-7-19-50)84-75(83-73)48-32-38-54(39-33-48)87-66-27-15-12-24-57(66)60-42-45-63-72(69(60)87)90-78(81-63)51-20-8-3-9-21-51/h1-45H. The van der Waals surface area contributed by atoms with Gasteiger partial charge in [0.05, 0.1) is 33.1 Å². The molecule has 0 fully saturated rings. The normalized spacial score (nSPS) is 12.0. The van der Waals surface area contributed by atoms with Crippen LogP contribution < -0.4 is 0 Å². The van der Waals surface area contributed by atoms with Gasteiger partial charge in [0.25, 0.3) is 0 Å². The lowest BCUT2D eigenvalue weighted by Crippen LogP contribution is -2.01. The molecule has 0 radical (unpaired) electrons. The minimum Gasteiger partial charge on any atom is -0.434 e. The second-order valence-corrected chi connectivity index (χ2v) is 22.6. The molecular weight excluding hydrogens is 1110 g/mol. The van der Waals surface area contributed by atoms with Gasteiger partial charge in [-0.15, -0.1) is 0 Å². The fourth-order valence-corrected chi connectivity index (χ4v) is 13.3. The highest BCUT2D eigenvalue weighted by Crippen LogP contribution is 2.43. The van der Waals surface area contributed by atoms with E-state index in [4.69, 9.17) is 43.2 Å². The molecule has 19 rings (SSSR count). The van der Waals surface area contributed by atoms with Crippen molar-refractivity contribution in [1.82, 2.24) is 43.6 Å². The smallest absolute Gasteiger partial charge is 0.227 e. The second kappa shape index (κ2) is 19.5. The zero-order valence-corrected chi connectivity index (χ0v) is 47.7. The van der Waals surface area contributed by atoms with Crippen LogP contribution in [-0.4, -0.2) is 43.6 Å². The fraction of sp³-hybridized carbons (Fsp3) is 0. The highest BCUT2D eigenvalue weighted by atomic mass is 16.4. The van der Waals surface area contributed by atoms with Crippen molar-refractivity contribution in [1.29, 1.82) is 0 Å². The van der Waals surface area contributed by atoms with Crippen LogP contribution in [0.25, 0.3) is 184 Å². The van der Waals surface area contributed by atoms with E-state index in [1.807, 2.05) is 109 Å². The number of benzene rings is 12. The Hall–Kier alpha value is -12.5. The van der Waals surface area contributed by atoms with Crippen molar-refractivity contribution in [3.8, 4) is 85.6 Å². The molecule has 0 spiro atoms. The second-order valence-electron chi connectivity index (χ2n) is 22.6. The summed E-state index contributed by atoms with van der Waals surface area (Å²) < 4.78 is 26.9. The molecule has 19 aromatic rings. The molecule has 0 aliphatic rings. The molecule has 0 bridgehead atoms. The zero-order chi connectivity index (χ0) is 59.0. The van der Waals surface area contributed by atoms with Crippen LogP contribution in [0.15, 0.2) is 286 Å². The number of rotatable bonds is 9. The lowest BCUT2D eigenvalue weighted by Gasteiger charge is -2.12. The fourth-order valence-electron chi connectivity index (χ4n) is 13.3. The molecule has 0 amide bonds. The Kier molecular flexibility index (Phi) is 10.8. The Morgan fingerprint density at radius 1 is 0.211 bits per heavy atom. The summed E-state index contributed by atoms with van der Waals surface area (Å²) in [6.45, 7) is 0. The maximum absolute atomic E-state index is 6.69. The maximum Gasteiger partial charge on any atom is 0.227 e. The van der Waals surface area contributed by atoms with Crippen molar-refractivity contribution in [3.63, 3.8) is 0 Å². The average molecular weight is 1160 g/mol. The summed E-state index contributed by atoms with van der Waals surface area (Å²) in [7, 11) is 0. The van der Waals surface area contributed by atoms with E-state index < -0.39 is 0 Å². The molecular formula is C78H45N9O3. The minimum atomic E-state index is 0.524. The first kappa shape index (κ1) is 49.7. The van der Waals surface area contributed by atoms with Gasteiger partial charge in [-0.1, -0.05) is 109 Å². The first-order valence-corrected chi connectivity index (χ1v) is 29.8. The Morgan fingerprint density at radius 3 is 0.767 bits per heavy atom. The van der Waals surface area contributed by atoms with E-state index in [0.29, 0.717) is 35.1 Å². The van der Waals surface area contributed by atoms with E-state index in [1.54, 1.807) is 0 Å². The summed E-state index contributed by atoms with van der Waals surface area (Å²) in [6, 6.07) is 93.4. The first-order valence-electron chi connectivity index (χ1n) is 29.8. The van der Waals surface area contributed by atoms with Crippen LogP contribution >= 0.6 is 0 Å². The molecule has 0 saturated heterocycles. The first-order chi connectivity index (χ1) is 44.6. The van der Waals surface area contributed by atoms with E-state index in [1.165, 1.54) is 0 Å². The number of hydrogen-bond donors (Lipinski definition) is 0. The van der Waals surface area contributed by atoms with Crippen molar-refractivity contribution in [2.24, 2.45) is 0 Å². The van der Waals surface area contributed by atoms with Gasteiger partial charge < -0.3 is 27.0 Å². The molecule has 0 aliphatic heterocycles. The van der Waals surface area contributed by atoms with Gasteiger partial charge in [-0.05, 0) is 164 Å². The number of fused-ring (bicyclic) bond motifs is 15. The molecule has 12 nitrogen and oxygen atoms in total. The molecule has 12 aromatic carbocycles. The summed E-state index contributed by atoms with van der Waals surface area (Å²) in [5.74, 6) is 3.29. The van der Waals surface area contributed by atoms with Crippen LogP contribution in [0.2, 0.25) is 0 Å². The van der Waals surface area contributed by atoms with Gasteiger partial charge in [0, 0.05) is 82.8 Å². The summed E-state index contributed by atoms with van der Waals surface area (Å²) in [5.41, 5.74) is 18.6. The van der Waals surface area contributed by atoms with Gasteiger partial charge >= 0.3 is 0 Å². The van der Waals surface area contributed by atoms with Gasteiger partial charge in [-0.3, -0.25) is 0 Å². The molecule has 420 valence electrons. The summed E-state index contributed by atoms with van der Waals surface area (Å²) in [4.78, 5) is 30.8. The van der Waals surface area contributed by atoms with E-state index >= 15 is 0 Å². The third-order valence-electron chi connectivity index (χ3n) is 17.4. The van der Waals surface area contributed by atoms with Gasteiger partial charge in [0.15, 0.2) is 34.2 Å². The molecule has 0 aliphatic carbocycles. The number of para-hydroxylation sites is 3. The molecule has 90 heavy (non-hydrogen) atoms. The maximum atomic E-state index is 6.69. The Morgan fingerprint density at radius 2 is 0.478 bits per heavy atom. The van der Waals surface area contributed by atoms with E-state index in [2.05, 4.69) is 177 Å². The monoisotopic (exact) mass is 1160 g/mol. The van der Waals surface area contributed by atoms with E-state index in [-0.39, 0.29) is 0 Å².